The van der Waals surface area contributed by atoms with Crippen LogP contribution in [-0.4, -0.2) is 19.3 Å². The molecule has 0 N–H and O–H groups in total. The average Bonchev–Trinajstić information content (AvgIpc) is 2.14. The van der Waals surface area contributed by atoms with Gasteiger partial charge in [0.05, 0.1) is 13.8 Å². The van der Waals surface area contributed by atoms with Gasteiger partial charge in [0.2, 0.25) is 0 Å². The molecule has 0 aliphatic heterocycles. The third kappa shape index (κ3) is 3.66. The molecular weight excluding hydrogens is 190 g/mol. The maximum Gasteiger partial charge on any atom is 0.151 e. The Labute approximate surface area is 85.7 Å². The van der Waals surface area contributed by atoms with Crippen molar-refractivity contribution in [3.05, 3.63) is 35.3 Å². The van der Waals surface area contributed by atoms with E-state index in [9.17, 15) is 4.79 Å². The number of carbonyl (C=O) groups excluding carboxylic acids is 1. The summed E-state index contributed by atoms with van der Waals surface area (Å²) in [5.74, 6) is 0. The van der Waals surface area contributed by atoms with Gasteiger partial charge in [-0.25, -0.2) is 0 Å². The molecule has 0 fully saturated rings. The molecule has 0 aromatic carbocycles. The number of aromatic nitrogens is 1. The van der Waals surface area contributed by atoms with E-state index >= 15 is 0 Å². The molecule has 1 aromatic heterocycles. The Morgan fingerprint density at radius 2 is 2.00 bits per heavy atom. The van der Waals surface area contributed by atoms with E-state index in [0.29, 0.717) is 5.56 Å². The molecule has 0 unspecified atom stereocenters. The van der Waals surface area contributed by atoms with Crippen LogP contribution in [0.15, 0.2) is 24.0 Å². The summed E-state index contributed by atoms with van der Waals surface area (Å²) in [5, 5.41) is 0. The zero-order chi connectivity index (χ0) is 10.6. The topological polar surface area (TPSA) is 30.0 Å². The van der Waals surface area contributed by atoms with E-state index in [1.807, 2.05) is 12.1 Å². The smallest absolute Gasteiger partial charge is 0.151 e. The summed E-state index contributed by atoms with van der Waals surface area (Å²) < 4.78 is 0. The van der Waals surface area contributed by atoms with Gasteiger partial charge in [-0.15, -0.1) is 0 Å². The van der Waals surface area contributed by atoms with E-state index in [2.05, 4.69) is 30.3 Å². The molecule has 0 saturated carbocycles. The fourth-order valence-electron chi connectivity index (χ4n) is 0.920. The minimum atomic E-state index is -1.15. The summed E-state index contributed by atoms with van der Waals surface area (Å²) in [6.45, 7) is 6.80. The molecule has 1 heterocycles. The maximum atomic E-state index is 10.4. The van der Waals surface area contributed by atoms with Crippen LogP contribution in [0.2, 0.25) is 19.6 Å². The van der Waals surface area contributed by atoms with Crippen LogP contribution in [-0.2, 0) is 0 Å². The largest absolute Gasteiger partial charge is 0.298 e. The van der Waals surface area contributed by atoms with Crippen LogP contribution < -0.4 is 0 Å². The predicted octanol–water partition coefficient (Wildman–Crippen LogP) is 2.78. The van der Waals surface area contributed by atoms with Crippen molar-refractivity contribution in [1.82, 2.24) is 4.98 Å². The second-order valence-electron chi connectivity index (χ2n) is 4.33. The first-order chi connectivity index (χ1) is 6.51. The van der Waals surface area contributed by atoms with E-state index in [4.69, 9.17) is 0 Å². The van der Waals surface area contributed by atoms with Crippen LogP contribution >= 0.6 is 0 Å². The van der Waals surface area contributed by atoms with Gasteiger partial charge in [0.25, 0.3) is 0 Å². The Morgan fingerprint density at radius 1 is 1.29 bits per heavy atom. The molecule has 0 aliphatic carbocycles. The molecule has 0 atom stereocenters. The van der Waals surface area contributed by atoms with E-state index in [-0.39, 0.29) is 0 Å². The van der Waals surface area contributed by atoms with Gasteiger partial charge >= 0.3 is 0 Å². The lowest BCUT2D eigenvalue weighted by Crippen LogP contribution is -2.15. The van der Waals surface area contributed by atoms with Crippen molar-refractivity contribution in [1.29, 1.82) is 0 Å². The minimum Gasteiger partial charge on any atom is -0.298 e. The van der Waals surface area contributed by atoms with Crippen molar-refractivity contribution in [3.63, 3.8) is 0 Å². The van der Waals surface area contributed by atoms with Crippen LogP contribution in [0.3, 0.4) is 0 Å². The highest BCUT2D eigenvalue weighted by Crippen LogP contribution is 2.06. The van der Waals surface area contributed by atoms with Crippen molar-refractivity contribution in [2.45, 2.75) is 19.6 Å². The summed E-state index contributed by atoms with van der Waals surface area (Å²) in [4.78, 5) is 14.5. The van der Waals surface area contributed by atoms with E-state index in [1.165, 1.54) is 0 Å². The number of carbonyl (C=O) groups is 1. The third-order valence-electron chi connectivity index (χ3n) is 1.70. The highest BCUT2D eigenvalue weighted by molar-refractivity contribution is 6.81. The highest BCUT2D eigenvalue weighted by Gasteiger charge is 2.06. The van der Waals surface area contributed by atoms with Crippen molar-refractivity contribution in [2.24, 2.45) is 0 Å². The first-order valence-electron chi connectivity index (χ1n) is 4.62. The molecule has 0 aliphatic rings. The fourth-order valence-corrected chi connectivity index (χ4v) is 1.59. The zero-order valence-corrected chi connectivity index (χ0v) is 9.82. The first kappa shape index (κ1) is 10.9. The molecule has 1 aromatic rings. The summed E-state index contributed by atoms with van der Waals surface area (Å²) in [6.07, 6.45) is 4.43. The van der Waals surface area contributed by atoms with E-state index in [1.54, 1.807) is 12.3 Å². The Bertz CT molecular complexity index is 335. The number of pyridine rings is 1. The SMILES string of the molecule is C[Si](C)(C)C=Cc1ccc(C=O)cn1. The van der Waals surface area contributed by atoms with E-state index in [0.717, 1.165) is 12.0 Å². The lowest BCUT2D eigenvalue weighted by Gasteiger charge is -2.07. The summed E-state index contributed by atoms with van der Waals surface area (Å²) in [5.41, 5.74) is 3.77. The van der Waals surface area contributed by atoms with Gasteiger partial charge in [-0.1, -0.05) is 25.3 Å². The molecule has 3 heteroatoms. The standard InChI is InChI=1S/C11H15NOSi/c1-14(2,3)7-6-11-5-4-10(9-13)8-12-11/h4-9H,1-3H3. The van der Waals surface area contributed by atoms with Crippen molar-refractivity contribution >= 4 is 20.4 Å². The quantitative estimate of drug-likeness (QED) is 0.561. The fraction of sp³-hybridized carbons (Fsp3) is 0.273. The number of rotatable bonds is 3. The molecule has 2 nitrogen and oxygen atoms in total. The summed E-state index contributed by atoms with van der Waals surface area (Å²) >= 11 is 0. The van der Waals surface area contributed by atoms with Crippen LogP contribution in [0.4, 0.5) is 0 Å². The lowest BCUT2D eigenvalue weighted by atomic mass is 10.3. The Balaban J connectivity index is 2.78. The van der Waals surface area contributed by atoms with Gasteiger partial charge in [0, 0.05) is 11.8 Å². The minimum absolute atomic E-state index is 0.621. The zero-order valence-electron chi connectivity index (χ0n) is 8.82. The van der Waals surface area contributed by atoms with Gasteiger partial charge in [-0.2, -0.15) is 0 Å². The predicted molar refractivity (Wildman–Crippen MR) is 62.0 cm³/mol. The number of hydrogen-bond donors (Lipinski definition) is 0. The Morgan fingerprint density at radius 3 is 2.43 bits per heavy atom. The maximum absolute atomic E-state index is 10.4. The summed E-state index contributed by atoms with van der Waals surface area (Å²) in [6, 6.07) is 3.64. The van der Waals surface area contributed by atoms with Crippen molar-refractivity contribution in [2.75, 3.05) is 0 Å². The van der Waals surface area contributed by atoms with Gasteiger partial charge in [-0.05, 0) is 18.2 Å². The lowest BCUT2D eigenvalue weighted by molar-refractivity contribution is 0.112. The van der Waals surface area contributed by atoms with Crippen LogP contribution in [0, 0.1) is 0 Å². The molecule has 0 radical (unpaired) electrons. The van der Waals surface area contributed by atoms with Crippen molar-refractivity contribution in [3.8, 4) is 0 Å². The molecule has 0 saturated heterocycles. The second-order valence-corrected chi connectivity index (χ2v) is 9.40. The third-order valence-corrected chi connectivity index (χ3v) is 2.87. The highest BCUT2D eigenvalue weighted by atomic mass is 28.3. The average molecular weight is 205 g/mol. The Kier molecular flexibility index (Phi) is 3.36. The van der Waals surface area contributed by atoms with Gasteiger partial charge in [0.1, 0.15) is 0 Å². The molecule has 14 heavy (non-hydrogen) atoms. The molecule has 0 amide bonds. The van der Waals surface area contributed by atoms with Crippen LogP contribution in [0.25, 0.3) is 6.08 Å². The normalized spacial score (nSPS) is 11.9. The summed E-state index contributed by atoms with van der Waals surface area (Å²) in [7, 11) is -1.15. The monoisotopic (exact) mass is 205 g/mol. The second kappa shape index (κ2) is 4.33. The molecule has 0 spiro atoms. The van der Waals surface area contributed by atoms with Crippen LogP contribution in [0.5, 0.6) is 0 Å². The number of hydrogen-bond acceptors (Lipinski definition) is 2. The van der Waals surface area contributed by atoms with Crippen LogP contribution in [0.1, 0.15) is 16.1 Å². The van der Waals surface area contributed by atoms with Gasteiger partial charge in [-0.3, -0.25) is 9.78 Å². The first-order valence-corrected chi connectivity index (χ1v) is 8.19. The number of aldehydes is 1. The van der Waals surface area contributed by atoms with Gasteiger partial charge in [0.15, 0.2) is 6.29 Å². The molecule has 1 rings (SSSR count). The molecule has 74 valence electrons. The van der Waals surface area contributed by atoms with E-state index < -0.39 is 8.07 Å². The van der Waals surface area contributed by atoms with Crippen molar-refractivity contribution < 1.29 is 4.79 Å². The number of nitrogens with zero attached hydrogens (tertiary/aromatic N) is 1. The molecule has 0 bridgehead atoms. The molecular formula is C11H15NOSi. The van der Waals surface area contributed by atoms with Gasteiger partial charge < -0.3 is 0 Å². The Hall–Kier alpha value is -1.22.